The Bertz CT molecular complexity index is 1150. The number of nitrogens with zero attached hydrogens (tertiary/aromatic N) is 5. The summed E-state index contributed by atoms with van der Waals surface area (Å²) in [5.74, 6) is 0.439. The fourth-order valence-corrected chi connectivity index (χ4v) is 3.13. The molecule has 0 spiro atoms. The van der Waals surface area contributed by atoms with Gasteiger partial charge in [0.25, 0.3) is 0 Å². The van der Waals surface area contributed by atoms with E-state index >= 15 is 0 Å². The van der Waals surface area contributed by atoms with E-state index in [9.17, 15) is 4.79 Å². The van der Waals surface area contributed by atoms with Gasteiger partial charge in [-0.3, -0.25) is 10.00 Å². The molecule has 3 heterocycles. The number of amides is 2. The molecule has 4 aromatic rings. The van der Waals surface area contributed by atoms with Crippen LogP contribution in [0.25, 0.3) is 16.6 Å². The molecule has 1 atom stereocenters. The number of pyridine rings is 1. The van der Waals surface area contributed by atoms with Gasteiger partial charge in [-0.2, -0.15) is 10.2 Å². The lowest BCUT2D eigenvalue weighted by Gasteiger charge is -2.15. The highest BCUT2D eigenvalue weighted by Crippen LogP contribution is 2.20. The van der Waals surface area contributed by atoms with Crippen LogP contribution in [0, 0.1) is 0 Å². The fourth-order valence-electron chi connectivity index (χ4n) is 2.93. The van der Waals surface area contributed by atoms with Gasteiger partial charge in [0.15, 0.2) is 0 Å². The molecular formula is C19H18ClN7O. The zero-order valence-electron chi connectivity index (χ0n) is 15.3. The van der Waals surface area contributed by atoms with E-state index in [1.807, 2.05) is 38.4 Å². The summed E-state index contributed by atoms with van der Waals surface area (Å²) in [5, 5.41) is 15.6. The maximum atomic E-state index is 12.3. The number of hydrogen-bond donors (Lipinski definition) is 2. The number of urea groups is 1. The molecule has 0 saturated heterocycles. The minimum absolute atomic E-state index is 0.198. The summed E-state index contributed by atoms with van der Waals surface area (Å²) in [6, 6.07) is 8.61. The molecule has 2 amide bonds. The Hall–Kier alpha value is -3.39. The molecular weight excluding hydrogens is 378 g/mol. The Balaban J connectivity index is 1.48. The Kier molecular flexibility index (Phi) is 4.70. The molecule has 0 bridgehead atoms. The second kappa shape index (κ2) is 7.32. The predicted octanol–water partition coefficient (Wildman–Crippen LogP) is 3.69. The van der Waals surface area contributed by atoms with E-state index in [4.69, 9.17) is 11.6 Å². The van der Waals surface area contributed by atoms with Crippen LogP contribution in [0.4, 0.5) is 10.6 Å². The van der Waals surface area contributed by atoms with Crippen molar-refractivity contribution in [2.24, 2.45) is 7.05 Å². The van der Waals surface area contributed by atoms with E-state index in [0.29, 0.717) is 10.8 Å². The quantitative estimate of drug-likeness (QED) is 0.551. The first-order chi connectivity index (χ1) is 13.5. The lowest BCUT2D eigenvalue weighted by Crippen LogP contribution is -2.31. The van der Waals surface area contributed by atoms with Gasteiger partial charge in [-0.15, -0.1) is 0 Å². The van der Waals surface area contributed by atoms with Gasteiger partial charge in [0.05, 0.1) is 36.3 Å². The van der Waals surface area contributed by atoms with Crippen LogP contribution in [0.1, 0.15) is 18.5 Å². The molecule has 9 heteroatoms. The van der Waals surface area contributed by atoms with Gasteiger partial charge >= 0.3 is 6.03 Å². The number of anilines is 1. The van der Waals surface area contributed by atoms with Crippen molar-refractivity contribution >= 4 is 34.4 Å². The van der Waals surface area contributed by atoms with Crippen LogP contribution in [-0.2, 0) is 7.05 Å². The normalized spacial score (nSPS) is 12.1. The summed E-state index contributed by atoms with van der Waals surface area (Å²) in [6.07, 6.45) is 6.99. The molecule has 0 aliphatic carbocycles. The zero-order chi connectivity index (χ0) is 19.7. The summed E-state index contributed by atoms with van der Waals surface area (Å²) in [7, 11) is 1.85. The Morgan fingerprint density at radius 1 is 1.18 bits per heavy atom. The number of fused-ring (bicyclic) bond motifs is 1. The first-order valence-electron chi connectivity index (χ1n) is 8.65. The van der Waals surface area contributed by atoms with Crippen LogP contribution < -0.4 is 10.6 Å². The van der Waals surface area contributed by atoms with E-state index in [1.54, 1.807) is 40.1 Å². The maximum Gasteiger partial charge on any atom is 0.320 e. The Morgan fingerprint density at radius 2 is 2.04 bits per heavy atom. The first kappa shape index (κ1) is 18.0. The van der Waals surface area contributed by atoms with E-state index in [-0.39, 0.29) is 12.1 Å². The number of nitrogens with one attached hydrogen (secondary N) is 2. The first-order valence-corrected chi connectivity index (χ1v) is 9.03. The number of benzene rings is 1. The van der Waals surface area contributed by atoms with Crippen molar-refractivity contribution in [2.75, 3.05) is 5.32 Å². The van der Waals surface area contributed by atoms with Crippen LogP contribution >= 0.6 is 11.6 Å². The third-order valence-corrected chi connectivity index (χ3v) is 4.56. The van der Waals surface area contributed by atoms with Crippen LogP contribution in [0.3, 0.4) is 0 Å². The number of halogens is 1. The minimum Gasteiger partial charge on any atom is -0.331 e. The second-order valence-electron chi connectivity index (χ2n) is 6.43. The third kappa shape index (κ3) is 3.67. The highest BCUT2D eigenvalue weighted by molar-refractivity contribution is 6.30. The number of carbonyl (C=O) groups is 1. The topological polar surface area (TPSA) is 89.7 Å². The summed E-state index contributed by atoms with van der Waals surface area (Å²) >= 11 is 6.01. The van der Waals surface area contributed by atoms with Crippen LogP contribution in [-0.4, -0.2) is 30.6 Å². The van der Waals surface area contributed by atoms with Gasteiger partial charge in [-0.1, -0.05) is 23.7 Å². The van der Waals surface area contributed by atoms with Gasteiger partial charge in [0, 0.05) is 17.5 Å². The Morgan fingerprint density at radius 3 is 2.79 bits per heavy atom. The second-order valence-corrected chi connectivity index (χ2v) is 6.87. The van der Waals surface area contributed by atoms with Crippen LogP contribution in [0.2, 0.25) is 5.02 Å². The monoisotopic (exact) mass is 395 g/mol. The molecule has 142 valence electrons. The molecule has 28 heavy (non-hydrogen) atoms. The fraction of sp³-hybridized carbons (Fsp3) is 0.158. The van der Waals surface area contributed by atoms with Gasteiger partial charge in [-0.25, -0.2) is 14.5 Å². The average molecular weight is 396 g/mol. The van der Waals surface area contributed by atoms with Crippen molar-refractivity contribution in [2.45, 2.75) is 13.0 Å². The van der Waals surface area contributed by atoms with Gasteiger partial charge in [0.2, 0.25) is 0 Å². The highest BCUT2D eigenvalue weighted by atomic mass is 35.5. The number of aromatic nitrogens is 5. The van der Waals surface area contributed by atoms with Crippen molar-refractivity contribution in [3.05, 3.63) is 65.7 Å². The van der Waals surface area contributed by atoms with Gasteiger partial charge in [-0.05, 0) is 30.7 Å². The molecule has 4 rings (SSSR count). The Labute approximate surface area is 166 Å². The van der Waals surface area contributed by atoms with Crippen molar-refractivity contribution in [3.8, 4) is 5.69 Å². The molecule has 0 aliphatic rings. The molecule has 2 N–H and O–H groups in total. The number of hydrogen-bond acceptors (Lipinski definition) is 4. The van der Waals surface area contributed by atoms with Gasteiger partial charge in [0.1, 0.15) is 11.5 Å². The summed E-state index contributed by atoms with van der Waals surface area (Å²) in [4.78, 5) is 16.6. The van der Waals surface area contributed by atoms with Crippen LogP contribution in [0.15, 0.2) is 55.1 Å². The van der Waals surface area contributed by atoms with Gasteiger partial charge < -0.3 is 5.32 Å². The molecule has 8 nitrogen and oxygen atoms in total. The van der Waals surface area contributed by atoms with E-state index in [1.165, 1.54) is 0 Å². The molecule has 0 saturated carbocycles. The highest BCUT2D eigenvalue weighted by Gasteiger charge is 2.12. The van der Waals surface area contributed by atoms with E-state index in [2.05, 4.69) is 25.8 Å². The molecule has 0 aliphatic heterocycles. The van der Waals surface area contributed by atoms with Crippen molar-refractivity contribution < 1.29 is 4.79 Å². The SMILES string of the molecule is CC(NC(=O)Nc1cc2cnn(-c3cnn(C)c3)c2cn1)c1cccc(Cl)c1. The zero-order valence-corrected chi connectivity index (χ0v) is 16.1. The third-order valence-electron chi connectivity index (χ3n) is 4.33. The predicted molar refractivity (Wildman–Crippen MR) is 108 cm³/mol. The number of rotatable bonds is 4. The molecule has 1 unspecified atom stereocenters. The minimum atomic E-state index is -0.348. The van der Waals surface area contributed by atoms with Crippen molar-refractivity contribution in [1.82, 2.24) is 29.9 Å². The summed E-state index contributed by atoms with van der Waals surface area (Å²) in [6.45, 7) is 1.89. The summed E-state index contributed by atoms with van der Waals surface area (Å²) < 4.78 is 3.46. The average Bonchev–Trinajstić information content (AvgIpc) is 3.27. The van der Waals surface area contributed by atoms with E-state index < -0.39 is 0 Å². The molecule has 1 aromatic carbocycles. The molecule has 0 fully saturated rings. The standard InChI is InChI=1S/C19H18ClN7O/c1-12(13-4-3-5-15(20)6-13)24-19(28)25-18-7-14-8-23-27(17(14)10-21-18)16-9-22-26(2)11-16/h3-12H,1-2H3,(H2,21,24,25,28). The maximum absolute atomic E-state index is 12.3. The molecule has 3 aromatic heterocycles. The van der Waals surface area contributed by atoms with Crippen molar-refractivity contribution in [1.29, 1.82) is 0 Å². The summed E-state index contributed by atoms with van der Waals surface area (Å²) in [5.41, 5.74) is 2.59. The lowest BCUT2D eigenvalue weighted by atomic mass is 10.1. The van der Waals surface area contributed by atoms with E-state index in [0.717, 1.165) is 22.2 Å². The number of carbonyl (C=O) groups excluding carboxylic acids is 1. The smallest absolute Gasteiger partial charge is 0.320 e. The van der Waals surface area contributed by atoms with Crippen LogP contribution in [0.5, 0.6) is 0 Å². The lowest BCUT2D eigenvalue weighted by molar-refractivity contribution is 0.249. The molecule has 0 radical (unpaired) electrons. The van der Waals surface area contributed by atoms with Crippen molar-refractivity contribution in [3.63, 3.8) is 0 Å². The number of aryl methyl sites for hydroxylation is 1. The largest absolute Gasteiger partial charge is 0.331 e.